The second-order valence-electron chi connectivity index (χ2n) is 6.25. The number of hydrogen-bond donors (Lipinski definition) is 1. The van der Waals surface area contributed by atoms with E-state index in [1.165, 1.54) is 18.9 Å². The highest BCUT2D eigenvalue weighted by Crippen LogP contribution is 2.41. The lowest BCUT2D eigenvalue weighted by atomic mass is 10.1. The molecule has 11 heteroatoms. The number of aromatic nitrogens is 3. The molecule has 0 aliphatic carbocycles. The predicted molar refractivity (Wildman–Crippen MR) is 122 cm³/mol. The van der Waals surface area contributed by atoms with Gasteiger partial charge in [0.15, 0.2) is 28.8 Å². The maximum absolute atomic E-state index is 5.51. The lowest BCUT2D eigenvalue weighted by Crippen LogP contribution is -2.01. The van der Waals surface area contributed by atoms with Gasteiger partial charge in [0.1, 0.15) is 0 Å². The minimum atomic E-state index is 0.296. The highest BCUT2D eigenvalue weighted by molar-refractivity contribution is 7.71. The molecule has 0 aliphatic rings. The second kappa shape index (κ2) is 10.1. The van der Waals surface area contributed by atoms with Gasteiger partial charge in [0.05, 0.1) is 48.9 Å². The summed E-state index contributed by atoms with van der Waals surface area (Å²) in [7, 11) is 9.26. The van der Waals surface area contributed by atoms with Crippen molar-refractivity contribution in [2.45, 2.75) is 0 Å². The molecular weight excluding hydrogens is 436 g/mol. The normalized spacial score (nSPS) is 10.8. The van der Waals surface area contributed by atoms with Crippen LogP contribution in [0.4, 0.5) is 0 Å². The van der Waals surface area contributed by atoms with E-state index in [1.807, 2.05) is 0 Å². The van der Waals surface area contributed by atoms with Crippen LogP contribution in [-0.4, -0.2) is 63.7 Å². The monoisotopic (exact) mass is 460 g/mol. The number of hydrogen-bond acceptors (Lipinski definition) is 9. The first-order valence-corrected chi connectivity index (χ1v) is 9.74. The summed E-state index contributed by atoms with van der Waals surface area (Å²) in [5.74, 6) is 3.35. The Labute approximate surface area is 190 Å². The van der Waals surface area contributed by atoms with Crippen molar-refractivity contribution >= 4 is 18.4 Å². The van der Waals surface area contributed by atoms with Crippen molar-refractivity contribution in [1.82, 2.24) is 14.9 Å². The molecule has 0 unspecified atom stereocenters. The molecule has 3 aromatic rings. The Hall–Kier alpha value is -3.73. The van der Waals surface area contributed by atoms with Gasteiger partial charge >= 0.3 is 0 Å². The molecule has 3 rings (SSSR count). The van der Waals surface area contributed by atoms with E-state index in [4.69, 9.17) is 40.6 Å². The smallest absolute Gasteiger partial charge is 0.216 e. The summed E-state index contributed by atoms with van der Waals surface area (Å²) in [6, 6.07) is 7.08. The zero-order valence-electron chi connectivity index (χ0n) is 18.6. The highest BCUT2D eigenvalue weighted by atomic mass is 32.1. The van der Waals surface area contributed by atoms with Gasteiger partial charge < -0.3 is 28.4 Å². The van der Waals surface area contributed by atoms with Crippen LogP contribution < -0.4 is 28.4 Å². The van der Waals surface area contributed by atoms with Crippen LogP contribution in [0.15, 0.2) is 29.4 Å². The third-order valence-corrected chi connectivity index (χ3v) is 4.88. The molecule has 0 aliphatic heterocycles. The first kappa shape index (κ1) is 22.9. The van der Waals surface area contributed by atoms with Crippen molar-refractivity contribution in [2.24, 2.45) is 5.10 Å². The van der Waals surface area contributed by atoms with Gasteiger partial charge in [-0.3, -0.25) is 0 Å². The molecule has 0 radical (unpaired) electrons. The molecule has 1 aromatic heterocycles. The van der Waals surface area contributed by atoms with E-state index in [0.29, 0.717) is 56.2 Å². The Balaban J connectivity index is 2.11. The van der Waals surface area contributed by atoms with Gasteiger partial charge in [-0.1, -0.05) is 0 Å². The first-order chi connectivity index (χ1) is 15.5. The molecule has 0 amide bonds. The highest BCUT2D eigenvalue weighted by Gasteiger charge is 2.18. The topological polar surface area (TPSA) is 101 Å². The quantitative estimate of drug-likeness (QED) is 0.382. The van der Waals surface area contributed by atoms with Crippen molar-refractivity contribution < 1.29 is 28.4 Å². The average Bonchev–Trinajstić information content (AvgIpc) is 3.20. The number of nitrogens with one attached hydrogen (secondary N) is 1. The van der Waals surface area contributed by atoms with Crippen LogP contribution in [0.5, 0.6) is 34.5 Å². The predicted octanol–water partition coefficient (Wildman–Crippen LogP) is 3.54. The Morgan fingerprint density at radius 1 is 0.812 bits per heavy atom. The molecule has 0 bridgehead atoms. The Morgan fingerprint density at radius 2 is 1.41 bits per heavy atom. The molecule has 32 heavy (non-hydrogen) atoms. The van der Waals surface area contributed by atoms with E-state index in [9.17, 15) is 0 Å². The maximum Gasteiger partial charge on any atom is 0.216 e. The van der Waals surface area contributed by atoms with Crippen LogP contribution in [0.1, 0.15) is 5.56 Å². The van der Waals surface area contributed by atoms with Crippen LogP contribution >= 0.6 is 12.2 Å². The largest absolute Gasteiger partial charge is 0.493 e. The molecular formula is C21H24N4O6S. The van der Waals surface area contributed by atoms with Gasteiger partial charge in [0.2, 0.25) is 16.3 Å². The van der Waals surface area contributed by atoms with Gasteiger partial charge in [0, 0.05) is 11.1 Å². The molecule has 0 saturated carbocycles. The van der Waals surface area contributed by atoms with Crippen molar-refractivity contribution in [3.63, 3.8) is 0 Å². The minimum Gasteiger partial charge on any atom is -0.493 e. The second-order valence-corrected chi connectivity index (χ2v) is 6.63. The number of rotatable bonds is 9. The third kappa shape index (κ3) is 4.19. The van der Waals surface area contributed by atoms with Crippen molar-refractivity contribution in [2.75, 3.05) is 42.7 Å². The summed E-state index contributed by atoms with van der Waals surface area (Å²) >= 11 is 5.38. The third-order valence-electron chi connectivity index (χ3n) is 4.62. The molecule has 0 spiro atoms. The molecule has 10 nitrogen and oxygen atoms in total. The molecule has 0 saturated heterocycles. The number of H-pyrrole nitrogens is 1. The summed E-state index contributed by atoms with van der Waals surface area (Å²) in [4.78, 5) is 0. The first-order valence-electron chi connectivity index (χ1n) is 9.34. The molecule has 1 N–H and O–H groups in total. The van der Waals surface area contributed by atoms with Crippen LogP contribution in [0, 0.1) is 4.77 Å². The van der Waals surface area contributed by atoms with E-state index >= 15 is 0 Å². The lowest BCUT2D eigenvalue weighted by molar-refractivity contribution is 0.324. The summed E-state index contributed by atoms with van der Waals surface area (Å²) < 4.78 is 34.3. The zero-order chi connectivity index (χ0) is 23.3. The van der Waals surface area contributed by atoms with Gasteiger partial charge in [-0.05, 0) is 36.5 Å². The number of benzene rings is 2. The van der Waals surface area contributed by atoms with Gasteiger partial charge in [-0.15, -0.1) is 0 Å². The summed E-state index contributed by atoms with van der Waals surface area (Å²) in [6.07, 6.45) is 1.59. The minimum absolute atomic E-state index is 0.296. The van der Waals surface area contributed by atoms with Crippen molar-refractivity contribution in [1.29, 1.82) is 0 Å². The summed E-state index contributed by atoms with van der Waals surface area (Å²) in [6.45, 7) is 0. The lowest BCUT2D eigenvalue weighted by Gasteiger charge is -2.14. The number of aromatic amines is 1. The van der Waals surface area contributed by atoms with E-state index in [0.717, 1.165) is 0 Å². The van der Waals surface area contributed by atoms with Crippen LogP contribution in [0.3, 0.4) is 0 Å². The molecule has 170 valence electrons. The zero-order valence-corrected chi connectivity index (χ0v) is 19.4. The Kier molecular flexibility index (Phi) is 7.21. The average molecular weight is 461 g/mol. The standard InChI is InChI=1S/C21H24N4O6S/c1-26-14-8-7-12(17(29-4)19(14)31-6)11-22-25-20(23-24-21(25)32)13-9-15(27-2)18(30-5)16(10-13)28-3/h7-11H,1-6H3,(H,24,32)/b22-11-. The van der Waals surface area contributed by atoms with Crippen LogP contribution in [0.2, 0.25) is 0 Å². The summed E-state index contributed by atoms with van der Waals surface area (Å²) in [5.41, 5.74) is 1.31. The SMILES string of the molecule is COc1cc(-c2n[nH]c(=S)n2/N=C\c2ccc(OC)c(OC)c2OC)cc(OC)c1OC. The number of nitrogens with zero attached hydrogens (tertiary/aromatic N) is 3. The Morgan fingerprint density at radius 3 is 1.94 bits per heavy atom. The molecule has 0 fully saturated rings. The number of methoxy groups -OCH3 is 6. The fourth-order valence-corrected chi connectivity index (χ4v) is 3.32. The van der Waals surface area contributed by atoms with E-state index in [2.05, 4.69) is 15.3 Å². The molecule has 1 heterocycles. The number of ether oxygens (including phenoxy) is 6. The Bertz CT molecular complexity index is 1160. The van der Waals surface area contributed by atoms with Crippen molar-refractivity contribution in [3.8, 4) is 45.9 Å². The van der Waals surface area contributed by atoms with Gasteiger partial charge in [0.25, 0.3) is 0 Å². The van der Waals surface area contributed by atoms with Gasteiger partial charge in [-0.25, -0.2) is 5.10 Å². The summed E-state index contributed by atoms with van der Waals surface area (Å²) in [5, 5.41) is 11.6. The van der Waals surface area contributed by atoms with Crippen LogP contribution in [-0.2, 0) is 0 Å². The van der Waals surface area contributed by atoms with E-state index in [-0.39, 0.29) is 0 Å². The maximum atomic E-state index is 5.51. The van der Waals surface area contributed by atoms with Crippen LogP contribution in [0.25, 0.3) is 11.4 Å². The van der Waals surface area contributed by atoms with E-state index < -0.39 is 0 Å². The molecule has 2 aromatic carbocycles. The molecule has 0 atom stereocenters. The van der Waals surface area contributed by atoms with Gasteiger partial charge in [-0.2, -0.15) is 14.9 Å². The van der Waals surface area contributed by atoms with E-state index in [1.54, 1.807) is 58.9 Å². The fraction of sp³-hybridized carbons (Fsp3) is 0.286. The van der Waals surface area contributed by atoms with Crippen molar-refractivity contribution in [3.05, 3.63) is 34.6 Å². The fourth-order valence-electron chi connectivity index (χ4n) is 3.14.